The van der Waals surface area contributed by atoms with Gasteiger partial charge in [0.2, 0.25) is 5.91 Å². The monoisotopic (exact) mass is 309 g/mol. The number of carbonyl (C=O) groups excluding carboxylic acids is 1. The van der Waals surface area contributed by atoms with Crippen LogP contribution in [0.5, 0.6) is 0 Å². The average molecular weight is 310 g/mol. The van der Waals surface area contributed by atoms with Gasteiger partial charge in [0.15, 0.2) is 0 Å². The fraction of sp³-hybridized carbons (Fsp3) is 0.533. The second-order valence-corrected chi connectivity index (χ2v) is 5.97. The van der Waals surface area contributed by atoms with Crippen molar-refractivity contribution in [3.63, 3.8) is 0 Å². The molecule has 2 rings (SSSR count). The van der Waals surface area contributed by atoms with Crippen LogP contribution >= 0.6 is 15.9 Å². The fourth-order valence-corrected chi connectivity index (χ4v) is 3.22. The molecule has 0 radical (unpaired) electrons. The molecule has 0 bridgehead atoms. The van der Waals surface area contributed by atoms with Crippen molar-refractivity contribution in [2.75, 3.05) is 0 Å². The Labute approximate surface area is 117 Å². The number of rotatable bonds is 4. The lowest BCUT2D eigenvalue weighted by Crippen LogP contribution is -2.38. The molecule has 3 heteroatoms. The number of nitrogens with one attached hydrogen (secondary N) is 1. The van der Waals surface area contributed by atoms with Gasteiger partial charge in [0.25, 0.3) is 0 Å². The van der Waals surface area contributed by atoms with Gasteiger partial charge in [-0.15, -0.1) is 0 Å². The normalized spacial score (nSPS) is 17.7. The van der Waals surface area contributed by atoms with Crippen LogP contribution in [0.15, 0.2) is 28.7 Å². The predicted octanol–water partition coefficient (Wildman–Crippen LogP) is 4.04. The Morgan fingerprint density at radius 3 is 2.61 bits per heavy atom. The second kappa shape index (κ2) is 5.87. The van der Waals surface area contributed by atoms with E-state index in [0.717, 1.165) is 29.3 Å². The third-order valence-corrected chi connectivity index (χ3v) is 4.89. The molecule has 1 amide bonds. The SMILES string of the molecule is CCC1(C(=O)NCc2ccccc2Br)CCCC1. The lowest BCUT2D eigenvalue weighted by Gasteiger charge is -2.26. The third kappa shape index (κ3) is 2.77. The summed E-state index contributed by atoms with van der Waals surface area (Å²) in [5.74, 6) is 0.234. The Morgan fingerprint density at radius 1 is 1.33 bits per heavy atom. The molecular weight excluding hydrogens is 290 g/mol. The van der Waals surface area contributed by atoms with E-state index in [1.165, 1.54) is 12.8 Å². The summed E-state index contributed by atoms with van der Waals surface area (Å²) in [6, 6.07) is 8.03. The first-order chi connectivity index (χ1) is 8.68. The van der Waals surface area contributed by atoms with Crippen LogP contribution in [-0.4, -0.2) is 5.91 Å². The molecule has 0 spiro atoms. The molecule has 18 heavy (non-hydrogen) atoms. The van der Waals surface area contributed by atoms with Crippen LogP contribution < -0.4 is 5.32 Å². The van der Waals surface area contributed by atoms with Crippen LogP contribution in [0.25, 0.3) is 0 Å². The Bertz CT molecular complexity index is 424. The summed E-state index contributed by atoms with van der Waals surface area (Å²) in [6.45, 7) is 2.74. The summed E-state index contributed by atoms with van der Waals surface area (Å²) < 4.78 is 1.06. The minimum Gasteiger partial charge on any atom is -0.352 e. The summed E-state index contributed by atoms with van der Waals surface area (Å²) >= 11 is 3.51. The molecule has 0 aliphatic heterocycles. The third-order valence-electron chi connectivity index (χ3n) is 4.12. The molecule has 1 saturated carbocycles. The van der Waals surface area contributed by atoms with Crippen molar-refractivity contribution in [3.8, 4) is 0 Å². The first kappa shape index (κ1) is 13.6. The van der Waals surface area contributed by atoms with Crippen LogP contribution in [0.4, 0.5) is 0 Å². The van der Waals surface area contributed by atoms with E-state index in [2.05, 4.69) is 28.2 Å². The lowest BCUT2D eigenvalue weighted by atomic mass is 9.82. The highest BCUT2D eigenvalue weighted by Gasteiger charge is 2.38. The number of benzene rings is 1. The van der Waals surface area contributed by atoms with Gasteiger partial charge in [-0.05, 0) is 30.9 Å². The highest BCUT2D eigenvalue weighted by Crippen LogP contribution is 2.41. The summed E-state index contributed by atoms with van der Waals surface area (Å²) in [5.41, 5.74) is 1.04. The molecule has 1 aliphatic carbocycles. The molecule has 0 atom stereocenters. The molecule has 1 aromatic carbocycles. The van der Waals surface area contributed by atoms with Crippen molar-refractivity contribution in [1.29, 1.82) is 0 Å². The molecule has 98 valence electrons. The molecule has 1 N–H and O–H groups in total. The van der Waals surface area contributed by atoms with Gasteiger partial charge in [-0.2, -0.15) is 0 Å². The maximum absolute atomic E-state index is 12.4. The van der Waals surface area contributed by atoms with Gasteiger partial charge in [0, 0.05) is 16.4 Å². The van der Waals surface area contributed by atoms with Crippen molar-refractivity contribution < 1.29 is 4.79 Å². The summed E-state index contributed by atoms with van der Waals surface area (Å²) in [4.78, 5) is 12.4. The molecule has 1 aliphatic rings. The van der Waals surface area contributed by atoms with Crippen molar-refractivity contribution in [1.82, 2.24) is 5.32 Å². The van der Waals surface area contributed by atoms with Crippen LogP contribution in [0.2, 0.25) is 0 Å². The van der Waals surface area contributed by atoms with Gasteiger partial charge >= 0.3 is 0 Å². The highest BCUT2D eigenvalue weighted by molar-refractivity contribution is 9.10. The van der Waals surface area contributed by atoms with Gasteiger partial charge < -0.3 is 5.32 Å². The molecule has 0 heterocycles. The molecule has 0 aromatic heterocycles. The minimum atomic E-state index is -0.0960. The number of amides is 1. The van der Waals surface area contributed by atoms with E-state index in [9.17, 15) is 4.79 Å². The van der Waals surface area contributed by atoms with Crippen LogP contribution in [0.3, 0.4) is 0 Å². The summed E-state index contributed by atoms with van der Waals surface area (Å²) in [7, 11) is 0. The first-order valence-electron chi connectivity index (χ1n) is 6.70. The predicted molar refractivity (Wildman–Crippen MR) is 77.2 cm³/mol. The minimum absolute atomic E-state index is 0.0960. The molecule has 1 fully saturated rings. The van der Waals surface area contributed by atoms with Crippen molar-refractivity contribution >= 4 is 21.8 Å². The van der Waals surface area contributed by atoms with E-state index in [1.807, 2.05) is 24.3 Å². The molecule has 1 aromatic rings. The quantitative estimate of drug-likeness (QED) is 0.893. The number of hydrogen-bond acceptors (Lipinski definition) is 1. The molecular formula is C15H20BrNO. The number of hydrogen-bond donors (Lipinski definition) is 1. The van der Waals surface area contributed by atoms with E-state index >= 15 is 0 Å². The summed E-state index contributed by atoms with van der Waals surface area (Å²) in [5, 5.41) is 3.10. The zero-order valence-corrected chi connectivity index (χ0v) is 12.4. The van der Waals surface area contributed by atoms with E-state index < -0.39 is 0 Å². The van der Waals surface area contributed by atoms with Crippen LogP contribution in [0, 0.1) is 5.41 Å². The van der Waals surface area contributed by atoms with Crippen molar-refractivity contribution in [3.05, 3.63) is 34.3 Å². The smallest absolute Gasteiger partial charge is 0.226 e. The topological polar surface area (TPSA) is 29.1 Å². The van der Waals surface area contributed by atoms with E-state index in [4.69, 9.17) is 0 Å². The van der Waals surface area contributed by atoms with Gasteiger partial charge in [-0.3, -0.25) is 4.79 Å². The lowest BCUT2D eigenvalue weighted by molar-refractivity contribution is -0.131. The number of halogens is 1. The van der Waals surface area contributed by atoms with Crippen LogP contribution in [0.1, 0.15) is 44.6 Å². The van der Waals surface area contributed by atoms with Crippen molar-refractivity contribution in [2.24, 2.45) is 5.41 Å². The zero-order valence-electron chi connectivity index (χ0n) is 10.8. The van der Waals surface area contributed by atoms with Gasteiger partial charge in [-0.25, -0.2) is 0 Å². The van der Waals surface area contributed by atoms with Gasteiger partial charge in [-0.1, -0.05) is 53.9 Å². The second-order valence-electron chi connectivity index (χ2n) is 5.12. The Balaban J connectivity index is 1.98. The Hall–Kier alpha value is -0.830. The van der Waals surface area contributed by atoms with E-state index in [1.54, 1.807) is 0 Å². The number of carbonyl (C=O) groups is 1. The average Bonchev–Trinajstić information content (AvgIpc) is 2.87. The highest BCUT2D eigenvalue weighted by atomic mass is 79.9. The first-order valence-corrected chi connectivity index (χ1v) is 7.49. The Kier molecular flexibility index (Phi) is 4.44. The van der Waals surface area contributed by atoms with Crippen LogP contribution in [-0.2, 0) is 11.3 Å². The van der Waals surface area contributed by atoms with Gasteiger partial charge in [0.05, 0.1) is 0 Å². The standard InChI is InChI=1S/C15H20BrNO/c1-2-15(9-5-6-10-15)14(18)17-11-12-7-3-4-8-13(12)16/h3-4,7-8H,2,5-6,9-11H2,1H3,(H,17,18). The molecule has 0 saturated heterocycles. The maximum atomic E-state index is 12.4. The van der Waals surface area contributed by atoms with Crippen molar-refractivity contribution in [2.45, 2.75) is 45.6 Å². The summed E-state index contributed by atoms with van der Waals surface area (Å²) in [6.07, 6.45) is 5.43. The van der Waals surface area contributed by atoms with E-state index in [-0.39, 0.29) is 11.3 Å². The maximum Gasteiger partial charge on any atom is 0.226 e. The van der Waals surface area contributed by atoms with Gasteiger partial charge in [0.1, 0.15) is 0 Å². The Morgan fingerprint density at radius 2 is 2.00 bits per heavy atom. The zero-order chi connectivity index (χ0) is 13.0. The van der Waals surface area contributed by atoms with E-state index in [0.29, 0.717) is 6.54 Å². The fourth-order valence-electron chi connectivity index (χ4n) is 2.80. The molecule has 0 unspecified atom stereocenters. The molecule has 2 nitrogen and oxygen atoms in total. The largest absolute Gasteiger partial charge is 0.352 e.